The normalized spacial score (nSPS) is 12.2. The van der Waals surface area contributed by atoms with E-state index in [1.165, 1.54) is 26.1 Å². The van der Waals surface area contributed by atoms with Crippen LogP contribution in [0, 0.1) is 0 Å². The zero-order chi connectivity index (χ0) is 15.6. The number of aliphatic carboxylic acids is 1. The number of anilines is 1. The van der Waals surface area contributed by atoms with Crippen molar-refractivity contribution in [2.45, 2.75) is 25.9 Å². The summed E-state index contributed by atoms with van der Waals surface area (Å²) in [5.41, 5.74) is -1.36. The van der Waals surface area contributed by atoms with Crippen LogP contribution in [0.2, 0.25) is 0 Å². The maximum Gasteiger partial charge on any atom is 0.325 e. The van der Waals surface area contributed by atoms with Gasteiger partial charge in [-0.15, -0.1) is 0 Å². The number of carbonyl (C=O) groups excluding carboxylic acids is 1. The maximum absolute atomic E-state index is 11.9. The van der Waals surface area contributed by atoms with E-state index in [0.29, 0.717) is 0 Å². The summed E-state index contributed by atoms with van der Waals surface area (Å²) in [5.74, 6) is -1.53. The Kier molecular flexibility index (Phi) is 4.50. The van der Waals surface area contributed by atoms with Crippen molar-refractivity contribution in [1.29, 1.82) is 0 Å². The van der Waals surface area contributed by atoms with Crippen molar-refractivity contribution in [2.75, 3.05) is 11.6 Å². The summed E-state index contributed by atoms with van der Waals surface area (Å²) in [6.45, 7) is 2.47. The highest BCUT2D eigenvalue weighted by Crippen LogP contribution is 2.09. The van der Waals surface area contributed by atoms with Crippen LogP contribution < -0.4 is 10.0 Å². The van der Waals surface area contributed by atoms with Gasteiger partial charge in [0.1, 0.15) is 12.1 Å². The Morgan fingerprint density at radius 1 is 1.45 bits per heavy atom. The van der Waals surface area contributed by atoms with E-state index in [-0.39, 0.29) is 12.4 Å². The molecule has 0 aliphatic rings. The summed E-state index contributed by atoms with van der Waals surface area (Å²) in [5, 5.41) is 14.8. The van der Waals surface area contributed by atoms with E-state index >= 15 is 0 Å². The molecule has 0 spiro atoms. The van der Waals surface area contributed by atoms with Crippen LogP contribution in [0.3, 0.4) is 0 Å². The summed E-state index contributed by atoms with van der Waals surface area (Å²) < 4.78 is 25.6. The third-order valence-corrected chi connectivity index (χ3v) is 3.07. The van der Waals surface area contributed by atoms with Crippen LogP contribution in [0.5, 0.6) is 0 Å². The Hall–Kier alpha value is -1.94. The zero-order valence-corrected chi connectivity index (χ0v) is 12.1. The molecule has 1 rings (SSSR count). The molecule has 0 fully saturated rings. The molecule has 9 nitrogen and oxygen atoms in total. The lowest BCUT2D eigenvalue weighted by molar-refractivity contribution is -0.137. The van der Waals surface area contributed by atoms with Gasteiger partial charge < -0.3 is 10.4 Å². The van der Waals surface area contributed by atoms with E-state index in [2.05, 4.69) is 15.1 Å². The summed E-state index contributed by atoms with van der Waals surface area (Å²) in [7, 11) is -3.54. The second-order valence-corrected chi connectivity index (χ2v) is 6.49. The lowest BCUT2D eigenvalue weighted by atomic mass is 10.1. The van der Waals surface area contributed by atoms with Gasteiger partial charge >= 0.3 is 5.97 Å². The SMILES string of the molecule is CC(C)(NS(C)(=O)=O)C(=O)Nc1ccn(CC(=O)O)n1. The molecule has 10 heteroatoms. The second kappa shape index (κ2) is 5.59. The molecule has 0 aliphatic heterocycles. The number of carboxylic acid groups (broad SMARTS) is 1. The number of aromatic nitrogens is 2. The van der Waals surface area contributed by atoms with Gasteiger partial charge in [-0.25, -0.2) is 13.1 Å². The minimum atomic E-state index is -3.54. The molecule has 20 heavy (non-hydrogen) atoms. The van der Waals surface area contributed by atoms with Gasteiger partial charge in [0.25, 0.3) is 0 Å². The van der Waals surface area contributed by atoms with E-state index in [0.717, 1.165) is 10.9 Å². The van der Waals surface area contributed by atoms with E-state index in [1.807, 2.05) is 0 Å². The number of amides is 1. The third-order valence-electron chi connectivity index (χ3n) is 2.19. The van der Waals surface area contributed by atoms with Crippen LogP contribution in [-0.2, 0) is 26.2 Å². The molecule has 1 aromatic rings. The highest BCUT2D eigenvalue weighted by Gasteiger charge is 2.31. The minimum absolute atomic E-state index is 0.139. The fourth-order valence-electron chi connectivity index (χ4n) is 1.44. The molecule has 0 unspecified atom stereocenters. The van der Waals surface area contributed by atoms with Gasteiger partial charge in [-0.05, 0) is 13.8 Å². The quantitative estimate of drug-likeness (QED) is 0.633. The van der Waals surface area contributed by atoms with E-state index < -0.39 is 27.4 Å². The molecule has 0 aliphatic carbocycles. The molecule has 1 amide bonds. The Morgan fingerprint density at radius 2 is 2.05 bits per heavy atom. The van der Waals surface area contributed by atoms with Crippen molar-refractivity contribution in [2.24, 2.45) is 0 Å². The predicted molar refractivity (Wildman–Crippen MR) is 70.6 cm³/mol. The maximum atomic E-state index is 11.9. The zero-order valence-electron chi connectivity index (χ0n) is 11.2. The molecule has 0 saturated carbocycles. The van der Waals surface area contributed by atoms with Crippen LogP contribution in [0.15, 0.2) is 12.3 Å². The fraction of sp³-hybridized carbons (Fsp3) is 0.500. The highest BCUT2D eigenvalue weighted by molar-refractivity contribution is 7.88. The summed E-state index contributed by atoms with van der Waals surface area (Å²) in [6.07, 6.45) is 2.34. The summed E-state index contributed by atoms with van der Waals surface area (Å²) >= 11 is 0. The number of sulfonamides is 1. The van der Waals surface area contributed by atoms with Crippen molar-refractivity contribution in [3.05, 3.63) is 12.3 Å². The number of nitrogens with one attached hydrogen (secondary N) is 2. The molecular weight excluding hydrogens is 288 g/mol. The number of hydrogen-bond acceptors (Lipinski definition) is 5. The second-order valence-electron chi connectivity index (χ2n) is 4.75. The van der Waals surface area contributed by atoms with Gasteiger partial charge in [-0.3, -0.25) is 14.3 Å². The molecule has 1 heterocycles. The molecule has 112 valence electrons. The Morgan fingerprint density at radius 3 is 2.55 bits per heavy atom. The van der Waals surface area contributed by atoms with E-state index in [1.54, 1.807) is 0 Å². The largest absolute Gasteiger partial charge is 0.480 e. The average Bonchev–Trinajstić information content (AvgIpc) is 2.60. The van der Waals surface area contributed by atoms with Crippen LogP contribution in [0.1, 0.15) is 13.8 Å². The van der Waals surface area contributed by atoms with E-state index in [4.69, 9.17) is 5.11 Å². The van der Waals surface area contributed by atoms with E-state index in [9.17, 15) is 18.0 Å². The molecule has 1 aromatic heterocycles. The van der Waals surface area contributed by atoms with Crippen molar-refractivity contribution < 1.29 is 23.1 Å². The first-order valence-electron chi connectivity index (χ1n) is 5.55. The highest BCUT2D eigenvalue weighted by atomic mass is 32.2. The average molecular weight is 304 g/mol. The minimum Gasteiger partial charge on any atom is -0.480 e. The van der Waals surface area contributed by atoms with Crippen LogP contribution >= 0.6 is 0 Å². The standard InChI is InChI=1S/C10H16N4O5S/c1-10(2,13-20(3,18)19)9(17)11-7-4-5-14(12-7)6-8(15)16/h4-5,13H,6H2,1-3H3,(H,15,16)(H,11,12,17). The predicted octanol–water partition coefficient (Wildman–Crippen LogP) is -0.766. The third kappa shape index (κ3) is 4.97. The van der Waals surface area contributed by atoms with Crippen molar-refractivity contribution in [3.8, 4) is 0 Å². The van der Waals surface area contributed by atoms with Gasteiger partial charge in [0.2, 0.25) is 15.9 Å². The summed E-state index contributed by atoms with van der Waals surface area (Å²) in [6, 6.07) is 1.41. The monoisotopic (exact) mass is 304 g/mol. The van der Waals surface area contributed by atoms with Crippen LogP contribution in [0.25, 0.3) is 0 Å². The lowest BCUT2D eigenvalue weighted by Crippen LogP contribution is -2.51. The molecule has 0 atom stereocenters. The van der Waals surface area contributed by atoms with Crippen molar-refractivity contribution in [3.63, 3.8) is 0 Å². The number of carbonyl (C=O) groups is 2. The number of hydrogen-bond donors (Lipinski definition) is 3. The Bertz CT molecular complexity index is 619. The van der Waals surface area contributed by atoms with Gasteiger partial charge in [-0.1, -0.05) is 0 Å². The Balaban J connectivity index is 2.75. The first-order chi connectivity index (χ1) is 8.99. The first kappa shape index (κ1) is 16.1. The van der Waals surface area contributed by atoms with Crippen molar-refractivity contribution >= 4 is 27.7 Å². The number of nitrogens with zero attached hydrogens (tertiary/aromatic N) is 2. The molecule has 0 saturated heterocycles. The van der Waals surface area contributed by atoms with Crippen LogP contribution in [0.4, 0.5) is 5.82 Å². The lowest BCUT2D eigenvalue weighted by Gasteiger charge is -2.23. The topological polar surface area (TPSA) is 130 Å². The molecule has 0 bridgehead atoms. The van der Waals surface area contributed by atoms with Gasteiger partial charge in [0.05, 0.1) is 6.26 Å². The van der Waals surface area contributed by atoms with Gasteiger partial charge in [0.15, 0.2) is 5.82 Å². The fourth-order valence-corrected chi connectivity index (χ4v) is 2.46. The molecular formula is C10H16N4O5S. The molecule has 0 aromatic carbocycles. The molecule has 0 radical (unpaired) electrons. The number of carboxylic acids is 1. The van der Waals surface area contributed by atoms with Crippen LogP contribution in [-0.4, -0.2) is 47.0 Å². The molecule has 3 N–H and O–H groups in total. The summed E-state index contributed by atoms with van der Waals surface area (Å²) in [4.78, 5) is 22.4. The van der Waals surface area contributed by atoms with Gasteiger partial charge in [-0.2, -0.15) is 5.10 Å². The number of rotatable bonds is 6. The first-order valence-corrected chi connectivity index (χ1v) is 7.44. The van der Waals surface area contributed by atoms with Gasteiger partial charge in [0, 0.05) is 12.3 Å². The smallest absolute Gasteiger partial charge is 0.325 e. The Labute approximate surface area is 116 Å². The van der Waals surface area contributed by atoms with Crippen molar-refractivity contribution in [1.82, 2.24) is 14.5 Å².